The third-order valence-corrected chi connectivity index (χ3v) is 6.57. The van der Waals surface area contributed by atoms with Crippen LogP contribution in [0.2, 0.25) is 0 Å². The topological polar surface area (TPSA) is 33.1 Å². The zero-order valence-electron chi connectivity index (χ0n) is 22.0. The van der Waals surface area contributed by atoms with E-state index in [0.717, 1.165) is 44.4 Å². The van der Waals surface area contributed by atoms with E-state index in [1.165, 1.54) is 0 Å². The van der Waals surface area contributed by atoms with Gasteiger partial charge >= 0.3 is 27.1 Å². The van der Waals surface area contributed by atoms with Crippen LogP contribution in [0.5, 0.6) is 11.5 Å². The van der Waals surface area contributed by atoms with Gasteiger partial charge in [0.1, 0.15) is 11.5 Å². The van der Waals surface area contributed by atoms with Crippen molar-refractivity contribution >= 4 is 33.5 Å². The molecule has 0 aliphatic carbocycles. The first-order valence-corrected chi connectivity index (χ1v) is 12.4. The van der Waals surface area contributed by atoms with Crippen molar-refractivity contribution in [1.82, 2.24) is 9.55 Å². The minimum Gasteiger partial charge on any atom is -0.509 e. The molecule has 6 heteroatoms. The first kappa shape index (κ1) is 25.9. The molecule has 0 amide bonds. The van der Waals surface area contributed by atoms with Gasteiger partial charge in [-0.25, -0.2) is 4.98 Å². The van der Waals surface area contributed by atoms with Gasteiger partial charge in [-0.05, 0) is 41.5 Å². The SMILES string of the molecule is Cc1ccnc(-n2c3[c-]c(Oc4[c-]c([N+]5=C=[N+](C)C=C5)cc(C(C)(C)C)c4)ccc3c3ccccc32)c1.[Pt+2]. The fourth-order valence-electron chi connectivity index (χ4n) is 4.62. The first-order valence-electron chi connectivity index (χ1n) is 12.4. The molecule has 2 aromatic heterocycles. The van der Waals surface area contributed by atoms with Crippen LogP contribution in [0, 0.1) is 19.1 Å². The number of aromatic nitrogens is 2. The van der Waals surface area contributed by atoms with E-state index >= 15 is 0 Å². The number of aryl methyl sites for hydroxylation is 1. The molecule has 0 radical (unpaired) electrons. The minimum absolute atomic E-state index is 0. The Labute approximate surface area is 237 Å². The van der Waals surface area contributed by atoms with Gasteiger partial charge in [0.2, 0.25) is 6.20 Å². The summed E-state index contributed by atoms with van der Waals surface area (Å²) in [5, 5.41) is 2.26. The molecule has 190 valence electrons. The third-order valence-electron chi connectivity index (χ3n) is 6.57. The van der Waals surface area contributed by atoms with Crippen molar-refractivity contribution in [3.05, 3.63) is 103 Å². The fraction of sp³-hybridized carbons (Fsp3) is 0.188. The second-order valence-electron chi connectivity index (χ2n) is 10.5. The van der Waals surface area contributed by atoms with Crippen molar-refractivity contribution in [1.29, 1.82) is 0 Å². The molecule has 0 atom stereocenters. The number of para-hydroxylation sites is 1. The monoisotopic (exact) mass is 679 g/mol. The molecule has 6 rings (SSSR count). The van der Waals surface area contributed by atoms with E-state index in [9.17, 15) is 0 Å². The quantitative estimate of drug-likeness (QED) is 0.150. The number of pyridine rings is 1. The number of fused-ring (bicyclic) bond motifs is 3. The fourth-order valence-corrected chi connectivity index (χ4v) is 4.62. The summed E-state index contributed by atoms with van der Waals surface area (Å²) in [6.07, 6.45) is 5.77. The Morgan fingerprint density at radius 2 is 1.74 bits per heavy atom. The summed E-state index contributed by atoms with van der Waals surface area (Å²) in [4.78, 5) is 4.67. The van der Waals surface area contributed by atoms with E-state index in [1.54, 1.807) is 0 Å². The van der Waals surface area contributed by atoms with Crippen molar-refractivity contribution in [2.45, 2.75) is 33.1 Å². The molecular formula is C32H28N4OPt+2. The van der Waals surface area contributed by atoms with Gasteiger partial charge in [0.25, 0.3) is 6.20 Å². The van der Waals surface area contributed by atoms with Crippen molar-refractivity contribution in [2.24, 2.45) is 0 Å². The molecule has 0 saturated carbocycles. The standard InChI is InChI=1S/C32H28N4O.Pt/c1-22-12-13-33-31(16-22)36-29-9-7-6-8-27(29)28-11-10-25(20-30(28)36)37-26-18-23(32(2,3)4)17-24(19-26)35-15-14-34(5)21-35;/h6-18H,1-5H3;/q;+2. The van der Waals surface area contributed by atoms with E-state index in [4.69, 9.17) is 4.74 Å². The van der Waals surface area contributed by atoms with Gasteiger partial charge in [0.15, 0.2) is 7.05 Å². The smallest absolute Gasteiger partial charge is 0.509 e. The van der Waals surface area contributed by atoms with Gasteiger partial charge in [-0.2, -0.15) is 6.07 Å². The van der Waals surface area contributed by atoms with Crippen LogP contribution in [-0.2, 0) is 26.5 Å². The Morgan fingerprint density at radius 1 is 0.921 bits per heavy atom. The summed E-state index contributed by atoms with van der Waals surface area (Å²) in [5.41, 5.74) is 5.13. The summed E-state index contributed by atoms with van der Waals surface area (Å²) in [6.45, 7) is 8.66. The molecule has 0 saturated heterocycles. The predicted octanol–water partition coefficient (Wildman–Crippen LogP) is 7.12. The van der Waals surface area contributed by atoms with Crippen LogP contribution in [0.3, 0.4) is 0 Å². The van der Waals surface area contributed by atoms with E-state index in [0.29, 0.717) is 11.5 Å². The Balaban J connectivity index is 0.00000294. The van der Waals surface area contributed by atoms with Crippen LogP contribution in [-0.4, -0.2) is 31.8 Å². The van der Waals surface area contributed by atoms with Gasteiger partial charge in [0.05, 0.1) is 0 Å². The molecule has 0 fully saturated rings. The number of hydrogen-bond acceptors (Lipinski definition) is 2. The Morgan fingerprint density at radius 3 is 2.47 bits per heavy atom. The number of rotatable bonds is 4. The Hall–Kier alpha value is -3.78. The summed E-state index contributed by atoms with van der Waals surface area (Å²) < 4.78 is 12.4. The zero-order valence-corrected chi connectivity index (χ0v) is 24.3. The molecular weight excluding hydrogens is 651 g/mol. The Kier molecular flexibility index (Phi) is 6.69. The van der Waals surface area contributed by atoms with E-state index in [2.05, 4.69) is 104 Å². The number of hydrogen-bond donors (Lipinski definition) is 0. The minimum atomic E-state index is -0.0613. The van der Waals surface area contributed by atoms with Crippen LogP contribution in [0.1, 0.15) is 31.9 Å². The molecule has 0 spiro atoms. The summed E-state index contributed by atoms with van der Waals surface area (Å²) in [5.74, 6) is 2.12. The zero-order chi connectivity index (χ0) is 25.7. The number of ether oxygens (including phenoxy) is 1. The maximum absolute atomic E-state index is 6.42. The van der Waals surface area contributed by atoms with Gasteiger partial charge in [-0.15, -0.1) is 29.1 Å². The van der Waals surface area contributed by atoms with E-state index in [1.807, 2.05) is 46.9 Å². The average molecular weight is 680 g/mol. The predicted molar refractivity (Wildman–Crippen MR) is 146 cm³/mol. The number of nitrogens with zero attached hydrogens (tertiary/aromatic N) is 4. The summed E-state index contributed by atoms with van der Waals surface area (Å²) in [6, 6.07) is 31.0. The molecule has 1 aliphatic heterocycles. The van der Waals surface area contributed by atoms with Crippen LogP contribution in [0.25, 0.3) is 27.6 Å². The van der Waals surface area contributed by atoms with Crippen LogP contribution < -0.4 is 4.74 Å². The Bertz CT molecular complexity index is 1800. The molecule has 0 N–H and O–H groups in total. The summed E-state index contributed by atoms with van der Waals surface area (Å²) in [7, 11) is 1.95. The normalized spacial score (nSPS) is 13.0. The molecule has 3 heterocycles. The largest absolute Gasteiger partial charge is 2.00 e. The van der Waals surface area contributed by atoms with Gasteiger partial charge < -0.3 is 9.30 Å². The molecule has 0 unspecified atom stereocenters. The maximum atomic E-state index is 6.42. The van der Waals surface area contributed by atoms with Crippen molar-refractivity contribution in [3.8, 4) is 17.3 Å². The molecule has 5 nitrogen and oxygen atoms in total. The third kappa shape index (κ3) is 4.76. The van der Waals surface area contributed by atoms with Crippen molar-refractivity contribution in [3.63, 3.8) is 0 Å². The van der Waals surface area contributed by atoms with Gasteiger partial charge in [0, 0.05) is 23.2 Å². The van der Waals surface area contributed by atoms with Crippen molar-refractivity contribution < 1.29 is 35.0 Å². The molecule has 1 aliphatic rings. The van der Waals surface area contributed by atoms with Gasteiger partial charge in [-0.3, -0.25) is 0 Å². The second kappa shape index (κ2) is 9.83. The summed E-state index contributed by atoms with van der Waals surface area (Å²) >= 11 is 0. The number of benzene rings is 3. The van der Waals surface area contributed by atoms with Gasteiger partial charge in [-0.1, -0.05) is 65.8 Å². The molecule has 38 heavy (non-hydrogen) atoms. The van der Waals surface area contributed by atoms with E-state index in [-0.39, 0.29) is 26.5 Å². The van der Waals surface area contributed by atoms with Crippen molar-refractivity contribution in [2.75, 3.05) is 7.05 Å². The molecule has 0 bridgehead atoms. The molecule has 3 aromatic carbocycles. The van der Waals surface area contributed by atoms with Crippen LogP contribution >= 0.6 is 0 Å². The second-order valence-corrected chi connectivity index (χ2v) is 10.5. The van der Waals surface area contributed by atoms with Crippen LogP contribution in [0.15, 0.2) is 79.3 Å². The molecule has 5 aromatic rings. The average Bonchev–Trinajstić information content (AvgIpc) is 3.44. The van der Waals surface area contributed by atoms with Crippen LogP contribution in [0.4, 0.5) is 5.69 Å². The maximum Gasteiger partial charge on any atom is 2.00 e. The van der Waals surface area contributed by atoms with E-state index < -0.39 is 0 Å². The first-order chi connectivity index (χ1) is 17.8.